The van der Waals surface area contributed by atoms with E-state index in [0.717, 1.165) is 22.4 Å². The number of anilines is 1. The summed E-state index contributed by atoms with van der Waals surface area (Å²) in [4.78, 5) is 81.3. The second-order valence-electron chi connectivity index (χ2n) is 17.9. The first kappa shape index (κ1) is 60.2. The zero-order valence-electron chi connectivity index (χ0n) is 43.5. The molecule has 1 aromatic heterocycles. The SMILES string of the molecule is C=CC(=O)OCC[I-]Oc1ccc(OC(=O)C2CCC(C(=O)Oc3ccc(OC(=O)C4CCC(C(=O)Oc5ccc(OCC[I-]OC(=O)C=C)cc5)CC4)c(/C=N/N(CCOCCOC)c4nc5ccccc5s4)c3)CC2)cc1. The summed E-state index contributed by atoms with van der Waals surface area (Å²) in [7, 11) is 1.60. The summed E-state index contributed by atoms with van der Waals surface area (Å²) in [5, 5.41) is 7.13. The Kier molecular flexibility index (Phi) is 24.3. The van der Waals surface area contributed by atoms with E-state index in [9.17, 15) is 28.8 Å². The van der Waals surface area contributed by atoms with Crippen LogP contribution in [0, 0.1) is 23.7 Å². The Morgan fingerprint density at radius 2 is 1.16 bits per heavy atom. The van der Waals surface area contributed by atoms with Crippen LogP contribution in [0.15, 0.2) is 121 Å². The number of thiazole rings is 1. The van der Waals surface area contributed by atoms with Gasteiger partial charge in [0.2, 0.25) is 5.13 Å². The van der Waals surface area contributed by atoms with Crippen molar-refractivity contribution in [2.75, 3.05) is 60.6 Å². The minimum atomic E-state index is -0.795. The molecule has 19 nitrogen and oxygen atoms in total. The molecule has 0 bridgehead atoms. The van der Waals surface area contributed by atoms with E-state index >= 15 is 0 Å². The van der Waals surface area contributed by atoms with Crippen LogP contribution in [0.2, 0.25) is 0 Å². The molecule has 79 heavy (non-hydrogen) atoms. The van der Waals surface area contributed by atoms with Gasteiger partial charge in [0.15, 0.2) is 0 Å². The van der Waals surface area contributed by atoms with Crippen molar-refractivity contribution >= 4 is 68.7 Å². The van der Waals surface area contributed by atoms with E-state index in [1.165, 1.54) is 17.6 Å². The van der Waals surface area contributed by atoms with E-state index in [2.05, 4.69) is 13.2 Å². The third-order valence-corrected chi connectivity index (χ3v) is 16.8. The second-order valence-corrected chi connectivity index (χ2v) is 23.1. The van der Waals surface area contributed by atoms with Gasteiger partial charge in [-0.25, -0.2) is 9.99 Å². The van der Waals surface area contributed by atoms with Gasteiger partial charge >= 0.3 is 311 Å². The van der Waals surface area contributed by atoms with Gasteiger partial charge < -0.3 is 18.9 Å². The Hall–Kier alpha value is -6.48. The van der Waals surface area contributed by atoms with Crippen molar-refractivity contribution in [2.45, 2.75) is 51.4 Å². The number of ether oxygens (including phenoxy) is 8. The Labute approximate surface area is 483 Å². The van der Waals surface area contributed by atoms with Crippen molar-refractivity contribution in [1.82, 2.24) is 4.98 Å². The number of esters is 5. The fraction of sp³-hybridized carbons (Fsp3) is 0.368. The zero-order valence-corrected chi connectivity index (χ0v) is 48.6. The van der Waals surface area contributed by atoms with Crippen LogP contribution >= 0.6 is 11.3 Å². The first-order chi connectivity index (χ1) is 38.5. The normalized spacial score (nSPS) is 17.1. The van der Waals surface area contributed by atoms with Crippen molar-refractivity contribution < 1.29 is 116 Å². The van der Waals surface area contributed by atoms with Gasteiger partial charge in [0, 0.05) is 12.7 Å². The molecule has 22 heteroatoms. The molecule has 422 valence electrons. The number of hydrazone groups is 1. The number of para-hydroxylation sites is 1. The molecule has 0 spiro atoms. The molecule has 0 amide bonds. The number of halogens is 2. The van der Waals surface area contributed by atoms with E-state index < -0.39 is 90.8 Å². The molecule has 0 atom stereocenters. The number of carbonyl (C=O) groups excluding carboxylic acids is 6. The number of fused-ring (bicyclic) bond motifs is 1. The molecule has 0 saturated heterocycles. The Balaban J connectivity index is 0.956. The van der Waals surface area contributed by atoms with Crippen LogP contribution in [0.25, 0.3) is 10.2 Å². The molecule has 7 rings (SSSR count). The third kappa shape index (κ3) is 19.4. The van der Waals surface area contributed by atoms with Crippen LogP contribution in [0.5, 0.6) is 34.5 Å². The van der Waals surface area contributed by atoms with Crippen LogP contribution in [-0.2, 0) is 46.0 Å². The fourth-order valence-corrected chi connectivity index (χ4v) is 11.5. The summed E-state index contributed by atoms with van der Waals surface area (Å²) < 4.78 is 58.1. The fourth-order valence-electron chi connectivity index (χ4n) is 8.21. The van der Waals surface area contributed by atoms with Gasteiger partial charge in [0.05, 0.1) is 48.7 Å². The maximum atomic E-state index is 13.9. The van der Waals surface area contributed by atoms with Crippen LogP contribution in [0.1, 0.15) is 56.9 Å². The summed E-state index contributed by atoms with van der Waals surface area (Å²) in [5.74, 6) is -2.07. The average molecular weight is 1330 g/mol. The van der Waals surface area contributed by atoms with E-state index in [1.54, 1.807) is 78.8 Å². The van der Waals surface area contributed by atoms with E-state index in [1.807, 2.05) is 24.3 Å². The number of aromatic nitrogens is 1. The number of rotatable bonds is 29. The number of alkyl halides is 2. The van der Waals surface area contributed by atoms with Crippen molar-refractivity contribution in [3.05, 3.63) is 122 Å². The van der Waals surface area contributed by atoms with Crippen molar-refractivity contribution in [3.8, 4) is 34.5 Å². The number of carbonyl (C=O) groups is 6. The zero-order chi connectivity index (χ0) is 55.8. The van der Waals surface area contributed by atoms with Crippen LogP contribution < -0.4 is 75.0 Å². The molecule has 2 aliphatic rings. The molecule has 0 unspecified atom stereocenters. The molecule has 2 saturated carbocycles. The predicted molar refractivity (Wildman–Crippen MR) is 283 cm³/mol. The van der Waals surface area contributed by atoms with Gasteiger partial charge in [0.1, 0.15) is 11.5 Å². The monoisotopic (exact) mass is 1330 g/mol. The molecule has 2 fully saturated rings. The summed E-state index contributed by atoms with van der Waals surface area (Å²) >= 11 is -0.0487. The topological polar surface area (TPSA) is 223 Å². The van der Waals surface area contributed by atoms with Crippen LogP contribution in [0.3, 0.4) is 0 Å². The maximum absolute atomic E-state index is 13.9. The van der Waals surface area contributed by atoms with Crippen molar-refractivity contribution in [3.63, 3.8) is 0 Å². The molecule has 2 aliphatic carbocycles. The standard InChI is InChI=1S/C57H61I2N3O16S/c1-4-51(63)72-32-29-58-77-46-24-22-45(23-25-46)74-54(66)38-10-12-40(13-11-38)55(67)75-47-26-27-49(42(36-47)37-60-62(30-33-70-35-34-69-3)57-61-48-8-6-7-9-50(48)79-57)76-56(68)41-16-14-39(15-17-41)53(65)73-44-20-18-43(19-21-44)71-31-28-59-78-52(64)5-2/h4-9,18-27,36-41H,1-2,10-17,28-35H2,3H3/q-2/b60-37+. The first-order valence-electron chi connectivity index (χ1n) is 25.5. The van der Waals surface area contributed by atoms with Crippen LogP contribution in [0.4, 0.5) is 5.13 Å². The molecular weight excluding hydrogens is 1270 g/mol. The van der Waals surface area contributed by atoms with E-state index in [0.29, 0.717) is 127 Å². The number of benzene rings is 4. The molecule has 0 radical (unpaired) electrons. The average Bonchev–Trinajstić information content (AvgIpc) is 4.00. The van der Waals surface area contributed by atoms with E-state index in [4.69, 9.17) is 54.1 Å². The summed E-state index contributed by atoms with van der Waals surface area (Å²) in [6.07, 6.45) is 7.08. The second kappa shape index (κ2) is 31.9. The summed E-state index contributed by atoms with van der Waals surface area (Å²) in [6.45, 7) is 8.82. The van der Waals surface area contributed by atoms with Gasteiger partial charge in [-0.05, 0) is 30.3 Å². The van der Waals surface area contributed by atoms with Gasteiger partial charge in [-0.1, -0.05) is 23.5 Å². The molecule has 4 aromatic carbocycles. The van der Waals surface area contributed by atoms with Crippen LogP contribution in [-0.4, -0.2) is 103 Å². The summed E-state index contributed by atoms with van der Waals surface area (Å²) in [6, 6.07) is 25.9. The first-order valence-corrected chi connectivity index (χ1v) is 31.2. The Morgan fingerprint density at radius 1 is 0.620 bits per heavy atom. The molecule has 0 aliphatic heterocycles. The quantitative estimate of drug-likeness (QED) is 0.00981. The Morgan fingerprint density at radius 3 is 1.76 bits per heavy atom. The van der Waals surface area contributed by atoms with Crippen molar-refractivity contribution in [1.29, 1.82) is 0 Å². The third-order valence-electron chi connectivity index (χ3n) is 12.4. The molecular formula is C57H61I2N3O16S-2. The van der Waals surface area contributed by atoms with Gasteiger partial charge in [-0.2, -0.15) is 5.10 Å². The van der Waals surface area contributed by atoms with Crippen molar-refractivity contribution in [2.24, 2.45) is 28.8 Å². The number of methoxy groups -OCH3 is 1. The number of hydrogen-bond donors (Lipinski definition) is 0. The molecule has 1 heterocycles. The summed E-state index contributed by atoms with van der Waals surface area (Å²) in [5.41, 5.74) is 1.16. The minimum absolute atomic E-state index is 0.187. The van der Waals surface area contributed by atoms with E-state index in [-0.39, 0.29) is 30.0 Å². The Bertz CT molecular complexity index is 2850. The van der Waals surface area contributed by atoms with Gasteiger partial charge in [-0.15, -0.1) is 0 Å². The number of hydrogen-bond acceptors (Lipinski definition) is 20. The predicted octanol–water partition coefficient (Wildman–Crippen LogP) is 2.66. The van der Waals surface area contributed by atoms with Gasteiger partial charge in [0.25, 0.3) is 0 Å². The molecule has 5 aromatic rings. The molecule has 0 N–H and O–H groups in total. The van der Waals surface area contributed by atoms with Gasteiger partial charge in [-0.3, -0.25) is 9.59 Å². The number of nitrogens with zero attached hydrogens (tertiary/aromatic N) is 3.